The monoisotopic (exact) mass is 345 g/mol. The van der Waals surface area contributed by atoms with Gasteiger partial charge in [0, 0.05) is 29.5 Å². The molecule has 0 amide bonds. The predicted octanol–water partition coefficient (Wildman–Crippen LogP) is 5.73. The summed E-state index contributed by atoms with van der Waals surface area (Å²) in [5.41, 5.74) is 8.65. The first kappa shape index (κ1) is 14.4. The molecule has 1 aliphatic rings. The Kier molecular flexibility index (Phi) is 2.88. The smallest absolute Gasteiger partial charge is 0.234 e. The minimum Gasteiger partial charge on any atom is -0.285 e. The van der Waals surface area contributed by atoms with Gasteiger partial charge in [-0.05, 0) is 39.9 Å². The SMILES string of the molecule is c1cnc(-n2cc3c4c(cccc42)-c2ccccc2-c2ccccc2-3)nc1. The molecule has 0 radical (unpaired) electrons. The summed E-state index contributed by atoms with van der Waals surface area (Å²) >= 11 is 0. The quantitative estimate of drug-likeness (QED) is 0.381. The normalized spacial score (nSPS) is 11.7. The fourth-order valence-electron chi connectivity index (χ4n) is 4.20. The molecule has 2 heterocycles. The van der Waals surface area contributed by atoms with Gasteiger partial charge in [0.15, 0.2) is 0 Å². The van der Waals surface area contributed by atoms with Gasteiger partial charge in [0.2, 0.25) is 5.95 Å². The Morgan fingerprint density at radius 3 is 1.74 bits per heavy atom. The Hall–Kier alpha value is -3.72. The van der Waals surface area contributed by atoms with E-state index in [1.54, 1.807) is 12.4 Å². The van der Waals surface area contributed by atoms with Gasteiger partial charge in [-0.3, -0.25) is 4.57 Å². The molecule has 3 heteroatoms. The molecule has 3 nitrogen and oxygen atoms in total. The molecule has 6 rings (SSSR count). The lowest BCUT2D eigenvalue weighted by molar-refractivity contribution is 0.962. The molecule has 5 aromatic rings. The van der Waals surface area contributed by atoms with Crippen molar-refractivity contribution in [3.05, 3.63) is 91.4 Å². The number of rotatable bonds is 1. The molecular formula is C24H15N3. The van der Waals surface area contributed by atoms with Crippen LogP contribution in [0.1, 0.15) is 0 Å². The van der Waals surface area contributed by atoms with Crippen LogP contribution in [-0.4, -0.2) is 14.5 Å². The topological polar surface area (TPSA) is 30.7 Å². The molecule has 0 fully saturated rings. The van der Waals surface area contributed by atoms with Crippen molar-refractivity contribution in [2.45, 2.75) is 0 Å². The third kappa shape index (κ3) is 1.97. The van der Waals surface area contributed by atoms with Crippen LogP contribution in [-0.2, 0) is 0 Å². The zero-order valence-corrected chi connectivity index (χ0v) is 14.5. The van der Waals surface area contributed by atoms with Crippen LogP contribution < -0.4 is 0 Å². The van der Waals surface area contributed by atoms with Crippen molar-refractivity contribution < 1.29 is 0 Å². The number of hydrogen-bond acceptors (Lipinski definition) is 2. The first-order valence-corrected chi connectivity index (χ1v) is 9.02. The number of aromatic nitrogens is 3. The van der Waals surface area contributed by atoms with Gasteiger partial charge in [0.25, 0.3) is 0 Å². The zero-order chi connectivity index (χ0) is 17.8. The summed E-state index contributed by atoms with van der Waals surface area (Å²) in [6.07, 6.45) is 5.74. The number of hydrogen-bond donors (Lipinski definition) is 0. The van der Waals surface area contributed by atoms with Gasteiger partial charge in [-0.25, -0.2) is 9.97 Å². The molecule has 3 aromatic carbocycles. The standard InChI is InChI=1S/C24H15N3/c1-3-9-18-16(7-1)17-8-2-4-10-19(17)21-15-27(24-25-13-6-14-26-24)22-12-5-11-20(18)23(21)22/h1-15H. The average molecular weight is 345 g/mol. The predicted molar refractivity (Wildman–Crippen MR) is 109 cm³/mol. The van der Waals surface area contributed by atoms with Crippen LogP contribution in [0.3, 0.4) is 0 Å². The second kappa shape index (κ2) is 5.39. The molecule has 0 saturated carbocycles. The Balaban J connectivity index is 1.82. The number of benzene rings is 3. The Labute approximate surface area is 156 Å². The van der Waals surface area contributed by atoms with Gasteiger partial charge in [-0.1, -0.05) is 60.7 Å². The molecule has 1 aliphatic carbocycles. The second-order valence-corrected chi connectivity index (χ2v) is 6.75. The minimum atomic E-state index is 0.692. The van der Waals surface area contributed by atoms with Crippen LogP contribution >= 0.6 is 0 Å². The van der Waals surface area contributed by atoms with E-state index >= 15 is 0 Å². The van der Waals surface area contributed by atoms with Crippen molar-refractivity contribution in [2.24, 2.45) is 0 Å². The highest BCUT2D eigenvalue weighted by Gasteiger charge is 2.23. The van der Waals surface area contributed by atoms with Crippen LogP contribution in [0.25, 0.3) is 50.2 Å². The molecule has 0 atom stereocenters. The van der Waals surface area contributed by atoms with Gasteiger partial charge in [-0.2, -0.15) is 0 Å². The van der Waals surface area contributed by atoms with E-state index < -0.39 is 0 Å². The van der Waals surface area contributed by atoms with E-state index in [2.05, 4.69) is 87.5 Å². The Morgan fingerprint density at radius 1 is 0.519 bits per heavy atom. The maximum absolute atomic E-state index is 4.47. The second-order valence-electron chi connectivity index (χ2n) is 6.75. The molecule has 0 saturated heterocycles. The van der Waals surface area contributed by atoms with Crippen LogP contribution in [0.5, 0.6) is 0 Å². The third-order valence-corrected chi connectivity index (χ3v) is 5.32. The molecule has 27 heavy (non-hydrogen) atoms. The highest BCUT2D eigenvalue weighted by Crippen LogP contribution is 2.48. The first-order valence-electron chi connectivity index (χ1n) is 9.02. The van der Waals surface area contributed by atoms with Crippen LogP contribution in [0.4, 0.5) is 0 Å². The van der Waals surface area contributed by atoms with Gasteiger partial charge in [-0.15, -0.1) is 0 Å². The van der Waals surface area contributed by atoms with E-state index in [-0.39, 0.29) is 0 Å². The van der Waals surface area contributed by atoms with Crippen LogP contribution in [0.2, 0.25) is 0 Å². The summed E-state index contributed by atoms with van der Waals surface area (Å²) in [7, 11) is 0. The lowest BCUT2D eigenvalue weighted by atomic mass is 9.94. The number of fused-ring (bicyclic) bond motifs is 5. The highest BCUT2D eigenvalue weighted by atomic mass is 15.1. The summed E-state index contributed by atoms with van der Waals surface area (Å²) in [4.78, 5) is 8.94. The van der Waals surface area contributed by atoms with E-state index in [0.717, 1.165) is 5.52 Å². The van der Waals surface area contributed by atoms with E-state index in [0.29, 0.717) is 5.95 Å². The number of nitrogens with zero attached hydrogens (tertiary/aromatic N) is 3. The van der Waals surface area contributed by atoms with Crippen molar-refractivity contribution in [2.75, 3.05) is 0 Å². The van der Waals surface area contributed by atoms with Gasteiger partial charge in [0.05, 0.1) is 5.52 Å². The van der Waals surface area contributed by atoms with Crippen molar-refractivity contribution in [1.82, 2.24) is 14.5 Å². The average Bonchev–Trinajstić information content (AvgIpc) is 3.09. The van der Waals surface area contributed by atoms with Crippen molar-refractivity contribution >= 4 is 10.9 Å². The molecule has 0 unspecified atom stereocenters. The largest absolute Gasteiger partial charge is 0.285 e. The minimum absolute atomic E-state index is 0.692. The lowest BCUT2D eigenvalue weighted by Crippen LogP contribution is -1.98. The molecule has 2 aromatic heterocycles. The summed E-state index contributed by atoms with van der Waals surface area (Å²) in [5.74, 6) is 0.692. The summed E-state index contributed by atoms with van der Waals surface area (Å²) in [5, 5.41) is 1.25. The zero-order valence-electron chi connectivity index (χ0n) is 14.5. The van der Waals surface area contributed by atoms with E-state index in [9.17, 15) is 0 Å². The molecule has 0 aliphatic heterocycles. The third-order valence-electron chi connectivity index (χ3n) is 5.32. The van der Waals surface area contributed by atoms with Crippen molar-refractivity contribution in [3.63, 3.8) is 0 Å². The van der Waals surface area contributed by atoms with Crippen LogP contribution in [0.15, 0.2) is 91.4 Å². The van der Waals surface area contributed by atoms with E-state index in [1.165, 1.54) is 38.8 Å². The van der Waals surface area contributed by atoms with E-state index in [1.807, 2.05) is 6.07 Å². The summed E-state index contributed by atoms with van der Waals surface area (Å²) < 4.78 is 2.10. The molecule has 0 bridgehead atoms. The Bertz CT molecular complexity index is 1320. The molecular weight excluding hydrogens is 330 g/mol. The highest BCUT2D eigenvalue weighted by molar-refractivity contribution is 6.13. The maximum atomic E-state index is 4.47. The summed E-state index contributed by atoms with van der Waals surface area (Å²) in [6, 6.07) is 25.6. The van der Waals surface area contributed by atoms with E-state index in [4.69, 9.17) is 0 Å². The van der Waals surface area contributed by atoms with Crippen molar-refractivity contribution in [3.8, 4) is 39.3 Å². The first-order chi connectivity index (χ1) is 13.4. The molecule has 0 spiro atoms. The Morgan fingerprint density at radius 2 is 1.07 bits per heavy atom. The van der Waals surface area contributed by atoms with Gasteiger partial charge >= 0.3 is 0 Å². The van der Waals surface area contributed by atoms with Crippen molar-refractivity contribution in [1.29, 1.82) is 0 Å². The van der Waals surface area contributed by atoms with Crippen LogP contribution in [0, 0.1) is 0 Å². The van der Waals surface area contributed by atoms with Gasteiger partial charge in [0.1, 0.15) is 0 Å². The molecule has 0 N–H and O–H groups in total. The summed E-state index contributed by atoms with van der Waals surface area (Å²) in [6.45, 7) is 0. The fourth-order valence-corrected chi connectivity index (χ4v) is 4.20. The fraction of sp³-hybridized carbons (Fsp3) is 0. The lowest BCUT2D eigenvalue weighted by Gasteiger charge is -2.11. The van der Waals surface area contributed by atoms with Gasteiger partial charge < -0.3 is 0 Å². The maximum Gasteiger partial charge on any atom is 0.234 e. The molecule has 126 valence electrons.